The van der Waals surface area contributed by atoms with Gasteiger partial charge in [-0.3, -0.25) is 14.5 Å². The fraction of sp³-hybridized carbons (Fsp3) is 0.261. The van der Waals surface area contributed by atoms with Crippen LogP contribution in [0.15, 0.2) is 53.4 Å². The first-order valence-corrected chi connectivity index (χ1v) is 11.5. The molecule has 2 amide bonds. The number of amides is 2. The number of thiocarbonyl (C=S) groups is 1. The van der Waals surface area contributed by atoms with Crippen LogP contribution < -0.4 is 4.74 Å². The van der Waals surface area contributed by atoms with Crippen molar-refractivity contribution in [3.05, 3.63) is 70.1 Å². The zero-order chi connectivity index (χ0) is 24.3. The molecule has 34 heavy (non-hydrogen) atoms. The summed E-state index contributed by atoms with van der Waals surface area (Å²) in [6.07, 6.45) is -3.13. The molecule has 2 aliphatic heterocycles. The molecule has 2 aromatic rings. The second kappa shape index (κ2) is 10.2. The van der Waals surface area contributed by atoms with Crippen molar-refractivity contribution in [2.24, 2.45) is 0 Å². The Kier molecular flexibility index (Phi) is 7.24. The Labute approximate surface area is 203 Å². The lowest BCUT2D eigenvalue weighted by molar-refractivity contribution is -0.274. The molecule has 2 aliphatic rings. The predicted octanol–water partition coefficient (Wildman–Crippen LogP) is 4.46. The van der Waals surface area contributed by atoms with Crippen molar-refractivity contribution in [3.63, 3.8) is 0 Å². The van der Waals surface area contributed by atoms with Crippen LogP contribution in [0.2, 0.25) is 0 Å². The van der Waals surface area contributed by atoms with Gasteiger partial charge in [0.1, 0.15) is 10.1 Å². The van der Waals surface area contributed by atoms with Crippen molar-refractivity contribution in [3.8, 4) is 5.75 Å². The highest BCUT2D eigenvalue weighted by Gasteiger charge is 2.33. The molecule has 0 aromatic heterocycles. The summed E-state index contributed by atoms with van der Waals surface area (Å²) in [6, 6.07) is 12.3. The van der Waals surface area contributed by atoms with E-state index in [1.54, 1.807) is 41.3 Å². The minimum absolute atomic E-state index is 0.0179. The van der Waals surface area contributed by atoms with Crippen LogP contribution in [0.25, 0.3) is 6.08 Å². The number of hydrogen-bond acceptors (Lipinski definition) is 6. The minimum Gasteiger partial charge on any atom is -0.406 e. The van der Waals surface area contributed by atoms with Crippen molar-refractivity contribution < 1.29 is 32.2 Å². The number of rotatable bonds is 5. The van der Waals surface area contributed by atoms with Crippen LogP contribution in [0.1, 0.15) is 21.5 Å². The lowest BCUT2D eigenvalue weighted by Crippen LogP contribution is -2.40. The lowest BCUT2D eigenvalue weighted by atomic mass is 10.1. The number of nitrogens with zero attached hydrogens (tertiary/aromatic N) is 2. The molecule has 11 heteroatoms. The molecule has 2 aromatic carbocycles. The molecular formula is C23H19F3N2O4S2. The van der Waals surface area contributed by atoms with E-state index in [9.17, 15) is 22.8 Å². The van der Waals surface area contributed by atoms with Crippen LogP contribution in [0, 0.1) is 0 Å². The lowest BCUT2D eigenvalue weighted by Gasteiger charge is -2.26. The average molecular weight is 509 g/mol. The molecule has 0 radical (unpaired) electrons. The maximum Gasteiger partial charge on any atom is 0.573 e. The maximum atomic E-state index is 12.9. The van der Waals surface area contributed by atoms with Crippen LogP contribution in [0.3, 0.4) is 0 Å². The third-order valence-electron chi connectivity index (χ3n) is 5.10. The van der Waals surface area contributed by atoms with Crippen molar-refractivity contribution in [1.82, 2.24) is 9.80 Å². The van der Waals surface area contributed by atoms with E-state index in [1.165, 1.54) is 23.1 Å². The normalized spacial score (nSPS) is 18.0. The summed E-state index contributed by atoms with van der Waals surface area (Å²) < 4.78 is 46.9. The minimum atomic E-state index is -4.80. The number of carbonyl (C=O) groups excluding carboxylic acids is 2. The number of ether oxygens (including phenoxy) is 2. The number of alkyl halides is 3. The summed E-state index contributed by atoms with van der Waals surface area (Å²) in [5, 5.41) is 0. The molecule has 0 aliphatic carbocycles. The summed E-state index contributed by atoms with van der Waals surface area (Å²) in [5.41, 5.74) is 1.72. The number of morpholine rings is 1. The van der Waals surface area contributed by atoms with E-state index in [1.807, 2.05) is 0 Å². The van der Waals surface area contributed by atoms with Gasteiger partial charge >= 0.3 is 6.36 Å². The Balaban J connectivity index is 1.43. The Morgan fingerprint density at radius 1 is 1.15 bits per heavy atom. The highest BCUT2D eigenvalue weighted by Crippen LogP contribution is 2.34. The van der Waals surface area contributed by atoms with Crippen LogP contribution in [0.4, 0.5) is 13.2 Å². The van der Waals surface area contributed by atoms with Crippen LogP contribution in [-0.4, -0.2) is 58.6 Å². The first-order valence-electron chi connectivity index (χ1n) is 10.3. The van der Waals surface area contributed by atoms with Crippen LogP contribution in [0.5, 0.6) is 5.75 Å². The van der Waals surface area contributed by atoms with E-state index >= 15 is 0 Å². The van der Waals surface area contributed by atoms with Gasteiger partial charge in [0.15, 0.2) is 0 Å². The maximum absolute atomic E-state index is 12.9. The van der Waals surface area contributed by atoms with E-state index in [4.69, 9.17) is 17.0 Å². The highest BCUT2D eigenvalue weighted by molar-refractivity contribution is 8.26. The summed E-state index contributed by atoms with van der Waals surface area (Å²) >= 11 is 6.43. The molecule has 0 bridgehead atoms. The molecule has 6 nitrogen and oxygen atoms in total. The first-order chi connectivity index (χ1) is 16.2. The average Bonchev–Trinajstić information content (AvgIpc) is 3.06. The van der Waals surface area contributed by atoms with Gasteiger partial charge in [0.2, 0.25) is 0 Å². The van der Waals surface area contributed by atoms with Crippen molar-refractivity contribution in [1.29, 1.82) is 0 Å². The van der Waals surface area contributed by atoms with Gasteiger partial charge in [-0.1, -0.05) is 48.2 Å². The summed E-state index contributed by atoms with van der Waals surface area (Å²) in [5.74, 6) is -0.777. The second-order valence-corrected chi connectivity index (χ2v) is 9.17. The molecular weight excluding hydrogens is 489 g/mol. The molecule has 2 heterocycles. The van der Waals surface area contributed by atoms with Gasteiger partial charge in [-0.2, -0.15) is 0 Å². The fourth-order valence-corrected chi connectivity index (χ4v) is 4.74. The van der Waals surface area contributed by atoms with Gasteiger partial charge in [0.05, 0.1) is 24.7 Å². The van der Waals surface area contributed by atoms with Gasteiger partial charge in [0, 0.05) is 18.7 Å². The standard InChI is InChI=1S/C23H19F3N2O4S2/c24-23(25,26)32-18-3-1-2-16(12-18)14-28-21(30)19(34-22(28)33)13-15-4-6-17(7-5-15)20(29)27-8-10-31-11-9-27/h1-7,12-13H,8-11,14H2/b19-13-. The number of hydrogen-bond donors (Lipinski definition) is 0. The van der Waals surface area contributed by atoms with Gasteiger partial charge in [-0.25, -0.2) is 0 Å². The van der Waals surface area contributed by atoms with E-state index < -0.39 is 6.36 Å². The Hall–Kier alpha value is -2.89. The quantitative estimate of drug-likeness (QED) is 0.439. The highest BCUT2D eigenvalue weighted by atomic mass is 32.2. The summed E-state index contributed by atoms with van der Waals surface area (Å²) in [7, 11) is 0. The van der Waals surface area contributed by atoms with E-state index in [0.717, 1.165) is 17.3 Å². The van der Waals surface area contributed by atoms with Crippen molar-refractivity contribution in [2.45, 2.75) is 12.9 Å². The molecule has 178 valence electrons. The fourth-order valence-electron chi connectivity index (χ4n) is 3.48. The number of thioether (sulfide) groups is 1. The van der Waals surface area contributed by atoms with Crippen LogP contribution in [-0.2, 0) is 16.1 Å². The predicted molar refractivity (Wildman–Crippen MR) is 125 cm³/mol. The molecule has 4 rings (SSSR count). The Bertz CT molecular complexity index is 1130. The largest absolute Gasteiger partial charge is 0.573 e. The molecule has 0 atom stereocenters. The summed E-state index contributed by atoms with van der Waals surface area (Å²) in [6.45, 7) is 2.16. The monoisotopic (exact) mass is 508 g/mol. The molecule has 2 saturated heterocycles. The van der Waals surface area contributed by atoms with E-state index in [2.05, 4.69) is 4.74 Å². The third kappa shape index (κ3) is 5.96. The topological polar surface area (TPSA) is 59.1 Å². The molecule has 0 N–H and O–H groups in total. The van der Waals surface area contributed by atoms with E-state index in [-0.39, 0.29) is 24.1 Å². The molecule has 0 spiro atoms. The van der Waals surface area contributed by atoms with Crippen LogP contribution >= 0.6 is 24.0 Å². The van der Waals surface area contributed by atoms with Gasteiger partial charge in [-0.05, 0) is 41.5 Å². The van der Waals surface area contributed by atoms with Gasteiger partial charge < -0.3 is 14.4 Å². The SMILES string of the molecule is O=C(c1ccc(/C=C2\SC(=S)N(Cc3cccc(OC(F)(F)F)c3)C2=O)cc1)N1CCOCC1. The van der Waals surface area contributed by atoms with Crippen molar-refractivity contribution >= 4 is 46.2 Å². The van der Waals surface area contributed by atoms with E-state index in [0.29, 0.717) is 46.7 Å². The number of benzene rings is 2. The third-order valence-corrected chi connectivity index (χ3v) is 6.48. The zero-order valence-electron chi connectivity index (χ0n) is 17.7. The zero-order valence-corrected chi connectivity index (χ0v) is 19.3. The Morgan fingerprint density at radius 2 is 1.85 bits per heavy atom. The van der Waals surface area contributed by atoms with Gasteiger partial charge in [0.25, 0.3) is 11.8 Å². The molecule has 2 fully saturated rings. The molecule has 0 unspecified atom stereocenters. The summed E-state index contributed by atoms with van der Waals surface area (Å²) in [4.78, 5) is 28.9. The molecule has 0 saturated carbocycles. The number of carbonyl (C=O) groups is 2. The second-order valence-electron chi connectivity index (χ2n) is 7.49. The van der Waals surface area contributed by atoms with Gasteiger partial charge in [-0.15, -0.1) is 13.2 Å². The van der Waals surface area contributed by atoms with Crippen molar-refractivity contribution in [2.75, 3.05) is 26.3 Å². The number of halogens is 3. The first kappa shape index (κ1) is 24.2. The Morgan fingerprint density at radius 3 is 2.53 bits per heavy atom. The smallest absolute Gasteiger partial charge is 0.406 e.